The molecule has 0 bridgehead atoms. The molecule has 0 radical (unpaired) electrons. The van der Waals surface area contributed by atoms with Gasteiger partial charge in [-0.3, -0.25) is 25.1 Å². The van der Waals surface area contributed by atoms with E-state index in [1.807, 2.05) is 12.1 Å². The predicted molar refractivity (Wildman–Crippen MR) is 116 cm³/mol. The van der Waals surface area contributed by atoms with Gasteiger partial charge in [-0.15, -0.1) is 0 Å². The summed E-state index contributed by atoms with van der Waals surface area (Å²) in [4.78, 5) is 39.6. The molecule has 0 fully saturated rings. The summed E-state index contributed by atoms with van der Waals surface area (Å²) in [6.07, 6.45) is 0. The molecule has 10 heteroatoms. The van der Waals surface area contributed by atoms with Crippen molar-refractivity contribution in [2.24, 2.45) is 0 Å². The molecule has 10 nitrogen and oxygen atoms in total. The summed E-state index contributed by atoms with van der Waals surface area (Å²) >= 11 is 0. The second-order valence-corrected chi connectivity index (χ2v) is 7.10. The van der Waals surface area contributed by atoms with Crippen molar-refractivity contribution >= 4 is 17.1 Å². The van der Waals surface area contributed by atoms with Gasteiger partial charge >= 0.3 is 5.69 Å². The molecule has 164 valence electrons. The summed E-state index contributed by atoms with van der Waals surface area (Å²) < 4.78 is 0. The standard InChI is InChI=1S/C22H21N4O6/c1-32-26(31)22-12-6-19(7-13-22)16-23(14-17-2-8-20(9-3-17)24(27)28)15-18-4-10-21(11-5-18)25(29)30/h2-13H,14-16H2,1H3/q+1. The van der Waals surface area contributed by atoms with E-state index in [0.717, 1.165) is 16.7 Å². The van der Waals surface area contributed by atoms with E-state index in [-0.39, 0.29) is 11.4 Å². The topological polar surface area (TPSA) is 119 Å². The van der Waals surface area contributed by atoms with Crippen LogP contribution in [0.15, 0.2) is 72.8 Å². The zero-order valence-corrected chi connectivity index (χ0v) is 17.3. The summed E-state index contributed by atoms with van der Waals surface area (Å²) in [5, 5.41) is 21.8. The number of non-ortho nitro benzene ring substituents is 2. The zero-order valence-electron chi connectivity index (χ0n) is 17.3. The summed E-state index contributed by atoms with van der Waals surface area (Å²) in [7, 11) is 1.29. The lowest BCUT2D eigenvalue weighted by molar-refractivity contribution is -0.736. The molecule has 0 saturated carbocycles. The fraction of sp³-hybridized carbons (Fsp3) is 0.182. The second-order valence-electron chi connectivity index (χ2n) is 7.10. The molecule has 3 aromatic rings. The molecule has 0 aliphatic carbocycles. The van der Waals surface area contributed by atoms with Gasteiger partial charge in [-0.2, -0.15) is 0 Å². The van der Waals surface area contributed by atoms with Crippen molar-refractivity contribution < 1.29 is 19.6 Å². The fourth-order valence-corrected chi connectivity index (χ4v) is 3.22. The normalized spacial score (nSPS) is 10.7. The van der Waals surface area contributed by atoms with Crippen LogP contribution in [-0.2, 0) is 24.5 Å². The maximum atomic E-state index is 11.6. The van der Waals surface area contributed by atoms with Crippen molar-refractivity contribution in [3.63, 3.8) is 0 Å². The van der Waals surface area contributed by atoms with Gasteiger partial charge in [0.15, 0.2) is 7.11 Å². The van der Waals surface area contributed by atoms with Crippen LogP contribution in [0.2, 0.25) is 0 Å². The van der Waals surface area contributed by atoms with Gasteiger partial charge in [-0.1, -0.05) is 36.4 Å². The lowest BCUT2D eigenvalue weighted by Gasteiger charge is -2.23. The summed E-state index contributed by atoms with van der Waals surface area (Å²) in [6.45, 7) is 1.53. The first-order valence-corrected chi connectivity index (χ1v) is 9.65. The molecule has 0 unspecified atom stereocenters. The van der Waals surface area contributed by atoms with E-state index in [9.17, 15) is 25.1 Å². The maximum Gasteiger partial charge on any atom is 0.316 e. The third-order valence-electron chi connectivity index (χ3n) is 4.83. The minimum absolute atomic E-state index is 0.0200. The number of nitrogens with zero attached hydrogens (tertiary/aromatic N) is 4. The predicted octanol–water partition coefficient (Wildman–Crippen LogP) is 4.68. The van der Waals surface area contributed by atoms with E-state index in [4.69, 9.17) is 0 Å². The van der Waals surface area contributed by atoms with Crippen LogP contribution < -0.4 is 0 Å². The molecule has 0 saturated heterocycles. The Morgan fingerprint density at radius 3 is 1.22 bits per heavy atom. The Labute approximate surface area is 183 Å². The van der Waals surface area contributed by atoms with Crippen LogP contribution in [-0.4, -0.2) is 26.8 Å². The number of rotatable bonds is 10. The Balaban J connectivity index is 1.80. The number of nitro groups is 2. The lowest BCUT2D eigenvalue weighted by Crippen LogP contribution is -2.22. The quantitative estimate of drug-likeness (QED) is 0.334. The molecular weight excluding hydrogens is 416 g/mol. The highest BCUT2D eigenvalue weighted by Crippen LogP contribution is 2.20. The first kappa shape index (κ1) is 22.5. The average molecular weight is 437 g/mol. The van der Waals surface area contributed by atoms with Crippen molar-refractivity contribution in [3.8, 4) is 0 Å². The largest absolute Gasteiger partial charge is 0.316 e. The molecule has 0 atom stereocenters. The van der Waals surface area contributed by atoms with Crippen LogP contribution in [0.25, 0.3) is 0 Å². The Morgan fingerprint density at radius 2 is 0.938 bits per heavy atom. The third kappa shape index (κ3) is 5.92. The van der Waals surface area contributed by atoms with Crippen molar-refractivity contribution in [2.45, 2.75) is 19.6 Å². The highest BCUT2D eigenvalue weighted by Gasteiger charge is 2.15. The number of hydrogen-bond acceptors (Lipinski definition) is 7. The second kappa shape index (κ2) is 10.2. The molecular formula is C22H21N4O6+. The highest BCUT2D eigenvalue weighted by molar-refractivity contribution is 5.35. The van der Waals surface area contributed by atoms with Gasteiger partial charge in [-0.05, 0) is 16.7 Å². The zero-order chi connectivity index (χ0) is 23.1. The van der Waals surface area contributed by atoms with Gasteiger partial charge in [0, 0.05) is 56.0 Å². The molecule has 0 aromatic heterocycles. The third-order valence-corrected chi connectivity index (χ3v) is 4.83. The summed E-state index contributed by atoms with van der Waals surface area (Å²) in [5.74, 6) is 0. The molecule has 0 aliphatic rings. The molecule has 3 aromatic carbocycles. The Bertz CT molecular complexity index is 1040. The van der Waals surface area contributed by atoms with Crippen molar-refractivity contribution in [1.29, 1.82) is 0 Å². The van der Waals surface area contributed by atoms with Gasteiger partial charge in [0.25, 0.3) is 16.3 Å². The molecule has 0 amide bonds. The summed E-state index contributed by atoms with van der Waals surface area (Å²) in [5.41, 5.74) is 3.13. The van der Waals surface area contributed by atoms with Crippen molar-refractivity contribution in [2.75, 3.05) is 7.11 Å². The molecule has 0 spiro atoms. The van der Waals surface area contributed by atoms with E-state index in [2.05, 4.69) is 9.74 Å². The number of hydrogen-bond donors (Lipinski definition) is 0. The van der Waals surface area contributed by atoms with Crippen LogP contribution in [0.5, 0.6) is 0 Å². The van der Waals surface area contributed by atoms with Crippen molar-refractivity contribution in [1.82, 2.24) is 4.90 Å². The van der Waals surface area contributed by atoms with Crippen LogP contribution in [0, 0.1) is 25.1 Å². The average Bonchev–Trinajstić information content (AvgIpc) is 2.79. The molecule has 3 rings (SSSR count). The molecule has 0 N–H and O–H groups in total. The van der Waals surface area contributed by atoms with E-state index in [1.54, 1.807) is 36.4 Å². The van der Waals surface area contributed by atoms with Gasteiger partial charge in [0.2, 0.25) is 0 Å². The minimum Gasteiger partial charge on any atom is -0.291 e. The van der Waals surface area contributed by atoms with E-state index >= 15 is 0 Å². The smallest absolute Gasteiger partial charge is 0.291 e. The fourth-order valence-electron chi connectivity index (χ4n) is 3.22. The monoisotopic (exact) mass is 437 g/mol. The Morgan fingerprint density at radius 1 is 0.625 bits per heavy atom. The van der Waals surface area contributed by atoms with Gasteiger partial charge < -0.3 is 0 Å². The van der Waals surface area contributed by atoms with Crippen LogP contribution in [0.3, 0.4) is 0 Å². The number of benzene rings is 3. The van der Waals surface area contributed by atoms with Crippen molar-refractivity contribution in [3.05, 3.63) is 115 Å². The van der Waals surface area contributed by atoms with Crippen LogP contribution >= 0.6 is 0 Å². The maximum absolute atomic E-state index is 11.6. The van der Waals surface area contributed by atoms with E-state index < -0.39 is 9.85 Å². The van der Waals surface area contributed by atoms with E-state index in [1.165, 1.54) is 31.4 Å². The SMILES string of the molecule is CO[N+](=O)c1ccc(CN(Cc2ccc([N+](=O)[O-])cc2)Cc2ccc([N+](=O)[O-])cc2)cc1. The van der Waals surface area contributed by atoms with Crippen LogP contribution in [0.4, 0.5) is 17.1 Å². The van der Waals surface area contributed by atoms with Gasteiger partial charge in [0.05, 0.1) is 14.8 Å². The van der Waals surface area contributed by atoms with Crippen LogP contribution in [0.1, 0.15) is 16.7 Å². The highest BCUT2D eigenvalue weighted by atomic mass is 16.8. The van der Waals surface area contributed by atoms with Gasteiger partial charge in [0.1, 0.15) is 0 Å². The summed E-state index contributed by atoms with van der Waals surface area (Å²) in [6, 6.07) is 19.6. The Kier molecular flexibility index (Phi) is 7.19. The first-order chi connectivity index (χ1) is 15.4. The molecule has 0 aliphatic heterocycles. The van der Waals surface area contributed by atoms with E-state index in [0.29, 0.717) is 30.2 Å². The van der Waals surface area contributed by atoms with Gasteiger partial charge in [-0.25, -0.2) is 4.84 Å². The molecule has 32 heavy (non-hydrogen) atoms. The Hall–Kier alpha value is -4.18. The molecule has 0 heterocycles. The minimum atomic E-state index is -0.445. The number of nitro benzene ring substituents is 2. The lowest BCUT2D eigenvalue weighted by atomic mass is 10.1. The first-order valence-electron chi connectivity index (χ1n) is 9.65.